The topological polar surface area (TPSA) is 75.3 Å². The Bertz CT molecular complexity index is 1020. The normalized spacial score (nSPS) is 11.4. The number of rotatable bonds is 5. The van der Waals surface area contributed by atoms with Gasteiger partial charge in [0.05, 0.1) is 4.90 Å². The van der Waals surface area contributed by atoms with Gasteiger partial charge in [-0.25, -0.2) is 13.1 Å². The first-order valence-electron chi connectivity index (χ1n) is 7.80. The van der Waals surface area contributed by atoms with E-state index in [2.05, 4.69) is 10.0 Å². The van der Waals surface area contributed by atoms with E-state index in [1.165, 1.54) is 6.92 Å². The molecule has 0 aromatic heterocycles. The van der Waals surface area contributed by atoms with Crippen LogP contribution in [0.5, 0.6) is 0 Å². The van der Waals surface area contributed by atoms with Gasteiger partial charge in [-0.1, -0.05) is 54.6 Å². The molecule has 128 valence electrons. The summed E-state index contributed by atoms with van der Waals surface area (Å²) >= 11 is 0. The first kappa shape index (κ1) is 17.1. The number of benzene rings is 3. The van der Waals surface area contributed by atoms with Gasteiger partial charge >= 0.3 is 0 Å². The second kappa shape index (κ2) is 7.04. The third kappa shape index (κ3) is 3.87. The van der Waals surface area contributed by atoms with E-state index in [4.69, 9.17) is 0 Å². The van der Waals surface area contributed by atoms with Gasteiger partial charge in [-0.2, -0.15) is 0 Å². The van der Waals surface area contributed by atoms with Crippen LogP contribution in [-0.2, 0) is 21.4 Å². The van der Waals surface area contributed by atoms with Crippen LogP contribution in [-0.4, -0.2) is 14.3 Å². The molecule has 0 aliphatic rings. The van der Waals surface area contributed by atoms with Crippen LogP contribution in [0.4, 0.5) is 5.69 Å². The van der Waals surface area contributed by atoms with E-state index in [1.807, 2.05) is 30.3 Å². The minimum absolute atomic E-state index is 0.188. The van der Waals surface area contributed by atoms with Gasteiger partial charge < -0.3 is 5.32 Å². The van der Waals surface area contributed by atoms with Gasteiger partial charge in [0.25, 0.3) is 0 Å². The van der Waals surface area contributed by atoms with Crippen molar-refractivity contribution in [3.8, 4) is 0 Å². The van der Waals surface area contributed by atoms with Crippen molar-refractivity contribution in [2.75, 3.05) is 5.32 Å². The predicted octanol–water partition coefficient (Wildman–Crippen LogP) is 3.28. The maximum atomic E-state index is 12.8. The van der Waals surface area contributed by atoms with E-state index in [0.29, 0.717) is 16.5 Å². The molecule has 0 aliphatic heterocycles. The SMILES string of the molecule is CC(=O)Nc1cccc2c(S(=O)(=O)NCc3ccccc3)cccc12. The Hall–Kier alpha value is -2.70. The van der Waals surface area contributed by atoms with Crippen molar-refractivity contribution in [2.45, 2.75) is 18.4 Å². The standard InChI is InChI=1S/C19H18N2O3S/c1-14(22)21-18-11-5-10-17-16(18)9-6-12-19(17)25(23,24)20-13-15-7-3-2-4-8-15/h2-12,20H,13H2,1H3,(H,21,22). The zero-order chi connectivity index (χ0) is 17.9. The molecule has 0 atom stereocenters. The van der Waals surface area contributed by atoms with Crippen LogP contribution in [0.1, 0.15) is 12.5 Å². The lowest BCUT2D eigenvalue weighted by atomic mass is 10.1. The van der Waals surface area contributed by atoms with Gasteiger partial charge in [0.2, 0.25) is 15.9 Å². The largest absolute Gasteiger partial charge is 0.326 e. The summed E-state index contributed by atoms with van der Waals surface area (Å²) in [5, 5.41) is 3.98. The second-order valence-corrected chi connectivity index (χ2v) is 7.38. The summed E-state index contributed by atoms with van der Waals surface area (Å²) in [4.78, 5) is 11.5. The van der Waals surface area contributed by atoms with E-state index in [1.54, 1.807) is 36.4 Å². The molecule has 2 N–H and O–H groups in total. The summed E-state index contributed by atoms with van der Waals surface area (Å²) in [7, 11) is -3.69. The summed E-state index contributed by atoms with van der Waals surface area (Å²) in [6.45, 7) is 1.63. The minimum atomic E-state index is -3.69. The van der Waals surface area contributed by atoms with E-state index in [-0.39, 0.29) is 17.3 Å². The van der Waals surface area contributed by atoms with Gasteiger partial charge in [0.1, 0.15) is 0 Å². The maximum Gasteiger partial charge on any atom is 0.241 e. The average Bonchev–Trinajstić information content (AvgIpc) is 2.60. The Labute approximate surface area is 146 Å². The van der Waals surface area contributed by atoms with Crippen molar-refractivity contribution in [3.05, 3.63) is 72.3 Å². The molecular formula is C19H18N2O3S. The maximum absolute atomic E-state index is 12.8. The van der Waals surface area contributed by atoms with Crippen LogP contribution < -0.4 is 10.0 Å². The number of sulfonamides is 1. The highest BCUT2D eigenvalue weighted by Gasteiger charge is 2.18. The highest BCUT2D eigenvalue weighted by Crippen LogP contribution is 2.28. The summed E-state index contributed by atoms with van der Waals surface area (Å²) < 4.78 is 28.1. The fourth-order valence-corrected chi connectivity index (χ4v) is 3.90. The van der Waals surface area contributed by atoms with Crippen molar-refractivity contribution in [3.63, 3.8) is 0 Å². The van der Waals surface area contributed by atoms with Crippen LogP contribution in [0.3, 0.4) is 0 Å². The summed E-state index contributed by atoms with van der Waals surface area (Å²) in [6.07, 6.45) is 0. The lowest BCUT2D eigenvalue weighted by molar-refractivity contribution is -0.114. The van der Waals surface area contributed by atoms with Crippen molar-refractivity contribution < 1.29 is 13.2 Å². The van der Waals surface area contributed by atoms with E-state index >= 15 is 0 Å². The molecule has 6 heteroatoms. The fourth-order valence-electron chi connectivity index (χ4n) is 2.67. The summed E-state index contributed by atoms with van der Waals surface area (Å²) in [5.41, 5.74) is 1.47. The van der Waals surface area contributed by atoms with Crippen LogP contribution >= 0.6 is 0 Å². The van der Waals surface area contributed by atoms with Crippen LogP contribution in [0.15, 0.2) is 71.6 Å². The number of amides is 1. The number of hydrogen-bond acceptors (Lipinski definition) is 3. The smallest absolute Gasteiger partial charge is 0.241 e. The molecule has 0 unspecified atom stereocenters. The molecule has 0 bridgehead atoms. The van der Waals surface area contributed by atoms with Gasteiger partial charge in [-0.15, -0.1) is 0 Å². The van der Waals surface area contributed by atoms with Crippen molar-refractivity contribution in [2.24, 2.45) is 0 Å². The third-order valence-corrected chi connectivity index (χ3v) is 5.25. The highest BCUT2D eigenvalue weighted by molar-refractivity contribution is 7.89. The van der Waals surface area contributed by atoms with Crippen LogP contribution in [0, 0.1) is 0 Å². The van der Waals surface area contributed by atoms with Crippen molar-refractivity contribution >= 4 is 32.4 Å². The Kier molecular flexibility index (Phi) is 4.83. The molecule has 0 aliphatic carbocycles. The first-order valence-corrected chi connectivity index (χ1v) is 9.28. The Morgan fingerprint density at radius 2 is 1.56 bits per heavy atom. The van der Waals surface area contributed by atoms with Gasteiger partial charge in [0.15, 0.2) is 0 Å². The molecule has 0 saturated carbocycles. The molecular weight excluding hydrogens is 336 g/mol. The number of hydrogen-bond donors (Lipinski definition) is 2. The molecule has 0 spiro atoms. The Morgan fingerprint density at radius 3 is 2.28 bits per heavy atom. The molecule has 3 aromatic carbocycles. The van der Waals surface area contributed by atoms with Gasteiger partial charge in [-0.05, 0) is 17.7 Å². The molecule has 5 nitrogen and oxygen atoms in total. The zero-order valence-corrected chi connectivity index (χ0v) is 14.5. The monoisotopic (exact) mass is 354 g/mol. The lowest BCUT2D eigenvalue weighted by Crippen LogP contribution is -2.23. The summed E-state index contributed by atoms with van der Waals surface area (Å²) in [5.74, 6) is -0.206. The minimum Gasteiger partial charge on any atom is -0.326 e. The number of carbonyl (C=O) groups excluding carboxylic acids is 1. The Balaban J connectivity index is 1.98. The van der Waals surface area contributed by atoms with Crippen LogP contribution in [0.25, 0.3) is 10.8 Å². The molecule has 0 radical (unpaired) electrons. The van der Waals surface area contributed by atoms with Crippen LogP contribution in [0.2, 0.25) is 0 Å². The molecule has 0 saturated heterocycles. The third-order valence-electron chi connectivity index (χ3n) is 3.79. The number of carbonyl (C=O) groups is 1. The van der Waals surface area contributed by atoms with Crippen molar-refractivity contribution in [1.82, 2.24) is 4.72 Å². The first-order chi connectivity index (χ1) is 12.0. The summed E-state index contributed by atoms with van der Waals surface area (Å²) in [6, 6.07) is 19.6. The van der Waals surface area contributed by atoms with E-state index < -0.39 is 10.0 Å². The Morgan fingerprint density at radius 1 is 0.880 bits per heavy atom. The van der Waals surface area contributed by atoms with E-state index in [9.17, 15) is 13.2 Å². The molecule has 0 heterocycles. The average molecular weight is 354 g/mol. The number of anilines is 1. The van der Waals surface area contributed by atoms with E-state index in [0.717, 1.165) is 5.56 Å². The molecule has 3 rings (SSSR count). The number of fused-ring (bicyclic) bond motifs is 1. The number of nitrogens with one attached hydrogen (secondary N) is 2. The highest BCUT2D eigenvalue weighted by atomic mass is 32.2. The predicted molar refractivity (Wildman–Crippen MR) is 98.7 cm³/mol. The van der Waals surface area contributed by atoms with Gasteiger partial charge in [0, 0.05) is 29.9 Å². The van der Waals surface area contributed by atoms with Crippen molar-refractivity contribution in [1.29, 1.82) is 0 Å². The fraction of sp³-hybridized carbons (Fsp3) is 0.105. The zero-order valence-electron chi connectivity index (χ0n) is 13.7. The molecule has 25 heavy (non-hydrogen) atoms. The molecule has 3 aromatic rings. The quantitative estimate of drug-likeness (QED) is 0.738. The van der Waals surface area contributed by atoms with Gasteiger partial charge in [-0.3, -0.25) is 4.79 Å². The second-order valence-electron chi connectivity index (χ2n) is 5.65. The lowest BCUT2D eigenvalue weighted by Gasteiger charge is -2.12. The molecule has 0 fully saturated rings. The molecule has 1 amide bonds.